The average molecular weight is 287 g/mol. The molecular weight excluding hydrogens is 272 g/mol. The molecular formula is C17H15ClO2. The molecule has 2 atom stereocenters. The van der Waals surface area contributed by atoms with E-state index in [0.717, 1.165) is 17.5 Å². The van der Waals surface area contributed by atoms with Crippen molar-refractivity contribution in [1.29, 1.82) is 0 Å². The molecule has 1 N–H and O–H groups in total. The van der Waals surface area contributed by atoms with Crippen LogP contribution in [0.3, 0.4) is 0 Å². The summed E-state index contributed by atoms with van der Waals surface area (Å²) in [6, 6.07) is 15.7. The molecule has 2 aromatic rings. The van der Waals surface area contributed by atoms with Gasteiger partial charge in [-0.25, -0.2) is 0 Å². The second-order valence-corrected chi connectivity index (χ2v) is 5.65. The first-order chi connectivity index (χ1) is 9.66. The number of hydrogen-bond acceptors (Lipinski definition) is 1. The summed E-state index contributed by atoms with van der Waals surface area (Å²) < 4.78 is 0. The smallest absolute Gasteiger partial charge is 0.307 e. The highest BCUT2D eigenvalue weighted by molar-refractivity contribution is 6.30. The van der Waals surface area contributed by atoms with E-state index in [1.54, 1.807) is 0 Å². The number of aryl methyl sites for hydroxylation is 1. The Morgan fingerprint density at radius 2 is 1.90 bits per heavy atom. The van der Waals surface area contributed by atoms with E-state index in [0.29, 0.717) is 11.4 Å². The molecule has 0 heterocycles. The Labute approximate surface area is 123 Å². The molecule has 3 rings (SSSR count). The Bertz CT molecular complexity index is 637. The number of hydrogen-bond donors (Lipinski definition) is 1. The Balaban J connectivity index is 2.15. The van der Waals surface area contributed by atoms with Crippen LogP contribution in [-0.4, -0.2) is 11.1 Å². The quantitative estimate of drug-likeness (QED) is 0.902. The Morgan fingerprint density at radius 1 is 1.15 bits per heavy atom. The number of fused-ring (bicyclic) bond motifs is 1. The van der Waals surface area contributed by atoms with E-state index in [4.69, 9.17) is 11.6 Å². The molecule has 0 saturated carbocycles. The molecule has 0 spiro atoms. The standard InChI is InChI=1S/C17H15ClO2/c18-13-8-6-11-7-9-14(17(19)20)16(15(11)10-13)12-4-2-1-3-5-12/h1-6,8,10,14,16H,7,9H2,(H,19,20). The maximum atomic E-state index is 11.6. The Hall–Kier alpha value is -1.80. The van der Waals surface area contributed by atoms with Crippen LogP contribution in [0.2, 0.25) is 5.02 Å². The molecule has 2 unspecified atom stereocenters. The molecule has 0 bridgehead atoms. The summed E-state index contributed by atoms with van der Waals surface area (Å²) in [7, 11) is 0. The number of halogens is 1. The van der Waals surface area contributed by atoms with Crippen molar-refractivity contribution >= 4 is 17.6 Å². The number of carbonyl (C=O) groups is 1. The van der Waals surface area contributed by atoms with Gasteiger partial charge in [-0.3, -0.25) is 4.79 Å². The van der Waals surface area contributed by atoms with Crippen molar-refractivity contribution in [3.63, 3.8) is 0 Å². The fourth-order valence-corrected chi connectivity index (χ4v) is 3.30. The van der Waals surface area contributed by atoms with Gasteiger partial charge in [0.15, 0.2) is 0 Å². The van der Waals surface area contributed by atoms with Crippen molar-refractivity contribution in [2.45, 2.75) is 18.8 Å². The fourth-order valence-electron chi connectivity index (χ4n) is 3.12. The molecule has 2 aromatic carbocycles. The van der Waals surface area contributed by atoms with Gasteiger partial charge in [0.25, 0.3) is 0 Å². The molecule has 1 aliphatic rings. The van der Waals surface area contributed by atoms with Gasteiger partial charge in [0.1, 0.15) is 0 Å². The van der Waals surface area contributed by atoms with Crippen LogP contribution < -0.4 is 0 Å². The van der Waals surface area contributed by atoms with Gasteiger partial charge in [-0.05, 0) is 41.7 Å². The second kappa shape index (κ2) is 5.29. The molecule has 3 heteroatoms. The predicted octanol–water partition coefficient (Wildman–Crippen LogP) is 4.12. The van der Waals surface area contributed by atoms with Crippen molar-refractivity contribution in [3.05, 3.63) is 70.2 Å². The third kappa shape index (κ3) is 2.32. The van der Waals surface area contributed by atoms with E-state index in [1.165, 1.54) is 5.56 Å². The summed E-state index contributed by atoms with van der Waals surface area (Å²) in [4.78, 5) is 11.6. The zero-order chi connectivity index (χ0) is 14.1. The van der Waals surface area contributed by atoms with Crippen molar-refractivity contribution in [2.75, 3.05) is 0 Å². The van der Waals surface area contributed by atoms with Crippen LogP contribution in [0.15, 0.2) is 48.5 Å². The first-order valence-electron chi connectivity index (χ1n) is 6.73. The summed E-state index contributed by atoms with van der Waals surface area (Å²) in [6.45, 7) is 0. The zero-order valence-corrected chi connectivity index (χ0v) is 11.7. The lowest BCUT2D eigenvalue weighted by Crippen LogP contribution is -2.28. The number of carboxylic acid groups (broad SMARTS) is 1. The molecule has 0 radical (unpaired) electrons. The number of benzene rings is 2. The highest BCUT2D eigenvalue weighted by Gasteiger charge is 2.35. The van der Waals surface area contributed by atoms with Crippen molar-refractivity contribution < 1.29 is 9.90 Å². The zero-order valence-electron chi connectivity index (χ0n) is 10.9. The van der Waals surface area contributed by atoms with Gasteiger partial charge in [-0.1, -0.05) is 48.0 Å². The van der Waals surface area contributed by atoms with E-state index in [2.05, 4.69) is 0 Å². The van der Waals surface area contributed by atoms with Gasteiger partial charge in [-0.15, -0.1) is 0 Å². The highest BCUT2D eigenvalue weighted by Crippen LogP contribution is 2.41. The summed E-state index contributed by atoms with van der Waals surface area (Å²) >= 11 is 6.11. The summed E-state index contributed by atoms with van der Waals surface area (Å²) in [5, 5.41) is 10.2. The maximum Gasteiger partial charge on any atom is 0.307 e. The molecule has 0 fully saturated rings. The fraction of sp³-hybridized carbons (Fsp3) is 0.235. The third-order valence-corrected chi connectivity index (χ3v) is 4.28. The largest absolute Gasteiger partial charge is 0.481 e. The van der Waals surface area contributed by atoms with Crippen molar-refractivity contribution in [2.24, 2.45) is 5.92 Å². The van der Waals surface area contributed by atoms with Crippen LogP contribution in [-0.2, 0) is 11.2 Å². The molecule has 0 saturated heterocycles. The monoisotopic (exact) mass is 286 g/mol. The van der Waals surface area contributed by atoms with E-state index in [1.807, 2.05) is 48.5 Å². The molecule has 102 valence electrons. The van der Waals surface area contributed by atoms with Crippen LogP contribution in [0.1, 0.15) is 29.0 Å². The van der Waals surface area contributed by atoms with Crippen LogP contribution in [0.4, 0.5) is 0 Å². The first-order valence-corrected chi connectivity index (χ1v) is 7.10. The maximum absolute atomic E-state index is 11.6. The van der Waals surface area contributed by atoms with Crippen LogP contribution in [0.25, 0.3) is 0 Å². The first kappa shape index (κ1) is 13.2. The van der Waals surface area contributed by atoms with E-state index in [9.17, 15) is 9.90 Å². The van der Waals surface area contributed by atoms with Gasteiger partial charge in [-0.2, -0.15) is 0 Å². The summed E-state index contributed by atoms with van der Waals surface area (Å²) in [5.74, 6) is -1.23. The summed E-state index contributed by atoms with van der Waals surface area (Å²) in [5.41, 5.74) is 3.31. The Kier molecular flexibility index (Phi) is 3.49. The average Bonchev–Trinajstić information content (AvgIpc) is 2.46. The topological polar surface area (TPSA) is 37.3 Å². The SMILES string of the molecule is O=C(O)C1CCc2ccc(Cl)cc2C1c1ccccc1. The lowest BCUT2D eigenvalue weighted by Gasteiger charge is -2.31. The number of carboxylic acids is 1. The molecule has 1 aliphatic carbocycles. The Morgan fingerprint density at radius 3 is 2.60 bits per heavy atom. The number of rotatable bonds is 2. The number of aliphatic carboxylic acids is 1. The molecule has 0 amide bonds. The van der Waals surface area contributed by atoms with Crippen molar-refractivity contribution in [1.82, 2.24) is 0 Å². The van der Waals surface area contributed by atoms with Crippen LogP contribution in [0.5, 0.6) is 0 Å². The van der Waals surface area contributed by atoms with Gasteiger partial charge < -0.3 is 5.11 Å². The van der Waals surface area contributed by atoms with Gasteiger partial charge in [0.05, 0.1) is 5.92 Å². The van der Waals surface area contributed by atoms with E-state index < -0.39 is 5.97 Å². The van der Waals surface area contributed by atoms with E-state index in [-0.39, 0.29) is 11.8 Å². The molecule has 2 nitrogen and oxygen atoms in total. The summed E-state index contributed by atoms with van der Waals surface area (Å²) in [6.07, 6.45) is 1.47. The lowest BCUT2D eigenvalue weighted by atomic mass is 9.72. The van der Waals surface area contributed by atoms with Gasteiger partial charge in [0, 0.05) is 10.9 Å². The predicted molar refractivity (Wildman–Crippen MR) is 79.2 cm³/mol. The van der Waals surface area contributed by atoms with Crippen LogP contribution >= 0.6 is 11.6 Å². The van der Waals surface area contributed by atoms with E-state index >= 15 is 0 Å². The highest BCUT2D eigenvalue weighted by atomic mass is 35.5. The third-order valence-electron chi connectivity index (χ3n) is 4.05. The van der Waals surface area contributed by atoms with Crippen molar-refractivity contribution in [3.8, 4) is 0 Å². The minimum atomic E-state index is -0.732. The van der Waals surface area contributed by atoms with Gasteiger partial charge >= 0.3 is 5.97 Å². The molecule has 20 heavy (non-hydrogen) atoms. The minimum Gasteiger partial charge on any atom is -0.481 e. The van der Waals surface area contributed by atoms with Gasteiger partial charge in [0.2, 0.25) is 0 Å². The van der Waals surface area contributed by atoms with Crippen LogP contribution in [0, 0.1) is 5.92 Å². The second-order valence-electron chi connectivity index (χ2n) is 5.21. The molecule has 0 aliphatic heterocycles. The lowest BCUT2D eigenvalue weighted by molar-refractivity contribution is -0.142. The normalized spacial score (nSPS) is 21.2. The molecule has 0 aromatic heterocycles. The minimum absolute atomic E-state index is 0.115.